The van der Waals surface area contributed by atoms with E-state index >= 15 is 0 Å². The second-order valence-corrected chi connectivity index (χ2v) is 4.37. The van der Waals surface area contributed by atoms with Gasteiger partial charge in [0, 0.05) is 24.1 Å². The van der Waals surface area contributed by atoms with Crippen LogP contribution in [0.5, 0.6) is 0 Å². The first-order valence-electron chi connectivity index (χ1n) is 5.20. The highest BCUT2D eigenvalue weighted by Crippen LogP contribution is 2.18. The van der Waals surface area contributed by atoms with E-state index in [-0.39, 0.29) is 5.91 Å². The average Bonchev–Trinajstić information content (AvgIpc) is 2.37. The number of carbonyl (C=O) groups is 2. The molecule has 0 unspecified atom stereocenters. The van der Waals surface area contributed by atoms with Crippen molar-refractivity contribution in [3.05, 3.63) is 29.8 Å². The highest BCUT2D eigenvalue weighted by atomic mass is 32.2. The fourth-order valence-electron chi connectivity index (χ4n) is 1.17. The smallest absolute Gasteiger partial charge is 0.230 e. The summed E-state index contributed by atoms with van der Waals surface area (Å²) in [5.74, 6) is 0.301. The Kier molecular flexibility index (Phi) is 6.35. The quantitative estimate of drug-likeness (QED) is 0.453. The van der Waals surface area contributed by atoms with Gasteiger partial charge in [0.15, 0.2) is 0 Å². The number of aldehydes is 1. The Hall–Kier alpha value is -1.33. The van der Waals surface area contributed by atoms with Crippen molar-refractivity contribution < 1.29 is 14.3 Å². The van der Waals surface area contributed by atoms with E-state index < -0.39 is 0 Å². The number of benzene rings is 1. The zero-order valence-corrected chi connectivity index (χ0v) is 10.5. The Labute approximate surface area is 105 Å². The molecule has 0 aromatic heterocycles. The zero-order valence-electron chi connectivity index (χ0n) is 9.64. The van der Waals surface area contributed by atoms with E-state index in [0.717, 1.165) is 11.2 Å². The third-order valence-electron chi connectivity index (χ3n) is 1.99. The van der Waals surface area contributed by atoms with Gasteiger partial charge in [-0.15, -0.1) is 11.8 Å². The third kappa shape index (κ3) is 5.51. The number of rotatable bonds is 7. The fourth-order valence-corrected chi connectivity index (χ4v) is 1.96. The predicted octanol–water partition coefficient (Wildman–Crippen LogP) is 1.35. The van der Waals surface area contributed by atoms with Crippen LogP contribution in [0.25, 0.3) is 0 Å². The van der Waals surface area contributed by atoms with Crippen LogP contribution < -0.4 is 5.32 Å². The average molecular weight is 253 g/mol. The molecule has 0 spiro atoms. The van der Waals surface area contributed by atoms with Crippen LogP contribution in [0.2, 0.25) is 0 Å². The SMILES string of the molecule is COCCNC(=O)CSc1cccc(C=O)c1. The molecule has 0 fully saturated rings. The third-order valence-corrected chi connectivity index (χ3v) is 2.99. The molecule has 0 saturated carbocycles. The molecule has 1 aromatic rings. The van der Waals surface area contributed by atoms with Crippen molar-refractivity contribution in [3.63, 3.8) is 0 Å². The topological polar surface area (TPSA) is 55.4 Å². The summed E-state index contributed by atoms with van der Waals surface area (Å²) < 4.78 is 4.82. The van der Waals surface area contributed by atoms with Gasteiger partial charge in [0.1, 0.15) is 6.29 Å². The van der Waals surface area contributed by atoms with E-state index in [0.29, 0.717) is 24.5 Å². The van der Waals surface area contributed by atoms with Crippen LogP contribution >= 0.6 is 11.8 Å². The van der Waals surface area contributed by atoms with Gasteiger partial charge in [0.2, 0.25) is 5.91 Å². The Morgan fingerprint density at radius 3 is 3.06 bits per heavy atom. The second-order valence-electron chi connectivity index (χ2n) is 3.32. The first-order chi connectivity index (χ1) is 8.26. The minimum absolute atomic E-state index is 0.0384. The van der Waals surface area contributed by atoms with Crippen molar-refractivity contribution in [2.24, 2.45) is 0 Å². The van der Waals surface area contributed by atoms with Gasteiger partial charge in [-0.25, -0.2) is 0 Å². The van der Waals surface area contributed by atoms with Crippen molar-refractivity contribution in [2.75, 3.05) is 26.0 Å². The number of methoxy groups -OCH3 is 1. The summed E-state index contributed by atoms with van der Waals surface area (Å²) in [4.78, 5) is 22.9. The summed E-state index contributed by atoms with van der Waals surface area (Å²) >= 11 is 1.40. The van der Waals surface area contributed by atoms with Gasteiger partial charge in [-0.3, -0.25) is 9.59 Å². The molecule has 1 aromatic carbocycles. The number of ether oxygens (including phenoxy) is 1. The standard InChI is InChI=1S/C12H15NO3S/c1-16-6-5-13-12(15)9-17-11-4-2-3-10(7-11)8-14/h2-4,7-8H,5-6,9H2,1H3,(H,13,15). The monoisotopic (exact) mass is 253 g/mol. The molecule has 1 N–H and O–H groups in total. The van der Waals surface area contributed by atoms with Crippen molar-refractivity contribution in [3.8, 4) is 0 Å². The number of carbonyl (C=O) groups excluding carboxylic acids is 2. The normalized spacial score (nSPS) is 9.94. The molecule has 5 heteroatoms. The zero-order chi connectivity index (χ0) is 12.5. The van der Waals surface area contributed by atoms with E-state index in [1.54, 1.807) is 25.3 Å². The Morgan fingerprint density at radius 1 is 1.53 bits per heavy atom. The van der Waals surface area contributed by atoms with Crippen molar-refractivity contribution >= 4 is 24.0 Å². The lowest BCUT2D eigenvalue weighted by atomic mass is 10.2. The van der Waals surface area contributed by atoms with Crippen molar-refractivity contribution in [1.29, 1.82) is 0 Å². The van der Waals surface area contributed by atoms with Crippen LogP contribution in [0.3, 0.4) is 0 Å². The van der Waals surface area contributed by atoms with E-state index in [4.69, 9.17) is 4.74 Å². The first kappa shape index (κ1) is 13.7. The minimum atomic E-state index is -0.0384. The summed E-state index contributed by atoms with van der Waals surface area (Å²) in [5.41, 5.74) is 0.620. The van der Waals surface area contributed by atoms with Crippen LogP contribution in [0.4, 0.5) is 0 Å². The molecule has 92 valence electrons. The lowest BCUT2D eigenvalue weighted by Gasteiger charge is -2.04. The van der Waals surface area contributed by atoms with Gasteiger partial charge < -0.3 is 10.1 Å². The van der Waals surface area contributed by atoms with Crippen LogP contribution in [0, 0.1) is 0 Å². The predicted molar refractivity (Wildman–Crippen MR) is 67.4 cm³/mol. The number of hydrogen-bond acceptors (Lipinski definition) is 4. The first-order valence-corrected chi connectivity index (χ1v) is 6.18. The molecule has 0 aliphatic carbocycles. The highest BCUT2D eigenvalue weighted by Gasteiger charge is 2.02. The molecule has 17 heavy (non-hydrogen) atoms. The van der Waals surface area contributed by atoms with E-state index in [1.807, 2.05) is 6.07 Å². The number of hydrogen-bond donors (Lipinski definition) is 1. The molecule has 0 radical (unpaired) electrons. The molecular formula is C12H15NO3S. The fraction of sp³-hybridized carbons (Fsp3) is 0.333. The van der Waals surface area contributed by atoms with Gasteiger partial charge in [0.25, 0.3) is 0 Å². The van der Waals surface area contributed by atoms with Crippen LogP contribution in [-0.2, 0) is 9.53 Å². The molecule has 1 amide bonds. The van der Waals surface area contributed by atoms with Crippen LogP contribution in [0.1, 0.15) is 10.4 Å². The summed E-state index contributed by atoms with van der Waals surface area (Å²) in [5, 5.41) is 2.73. The second kappa shape index (κ2) is 7.86. The van der Waals surface area contributed by atoms with Crippen LogP contribution in [-0.4, -0.2) is 38.2 Å². The summed E-state index contributed by atoms with van der Waals surface area (Å²) in [7, 11) is 1.59. The molecular weight excluding hydrogens is 238 g/mol. The van der Waals surface area contributed by atoms with E-state index in [2.05, 4.69) is 5.32 Å². The van der Waals surface area contributed by atoms with E-state index in [9.17, 15) is 9.59 Å². The molecule has 0 heterocycles. The maximum atomic E-state index is 11.4. The van der Waals surface area contributed by atoms with Gasteiger partial charge in [-0.2, -0.15) is 0 Å². The number of amides is 1. The van der Waals surface area contributed by atoms with E-state index in [1.165, 1.54) is 11.8 Å². The summed E-state index contributed by atoms with van der Waals surface area (Å²) in [6.07, 6.45) is 0.794. The highest BCUT2D eigenvalue weighted by molar-refractivity contribution is 8.00. The minimum Gasteiger partial charge on any atom is -0.383 e. The van der Waals surface area contributed by atoms with Gasteiger partial charge in [-0.05, 0) is 12.1 Å². The summed E-state index contributed by atoms with van der Waals surface area (Å²) in [6, 6.07) is 7.17. The van der Waals surface area contributed by atoms with Crippen molar-refractivity contribution in [2.45, 2.75) is 4.90 Å². The van der Waals surface area contributed by atoms with Crippen LogP contribution in [0.15, 0.2) is 29.2 Å². The molecule has 0 aliphatic rings. The molecule has 1 rings (SSSR count). The molecule has 4 nitrogen and oxygen atoms in total. The molecule has 0 bridgehead atoms. The van der Waals surface area contributed by atoms with Gasteiger partial charge in [-0.1, -0.05) is 12.1 Å². The summed E-state index contributed by atoms with van der Waals surface area (Å²) in [6.45, 7) is 1.03. The maximum Gasteiger partial charge on any atom is 0.230 e. The van der Waals surface area contributed by atoms with Crippen molar-refractivity contribution in [1.82, 2.24) is 5.32 Å². The largest absolute Gasteiger partial charge is 0.383 e. The maximum absolute atomic E-state index is 11.4. The number of nitrogens with one attached hydrogen (secondary N) is 1. The molecule has 0 aliphatic heterocycles. The molecule has 0 saturated heterocycles. The Balaban J connectivity index is 2.34. The lowest BCUT2D eigenvalue weighted by Crippen LogP contribution is -2.28. The Bertz CT molecular complexity index is 382. The lowest BCUT2D eigenvalue weighted by molar-refractivity contribution is -0.118. The Morgan fingerprint density at radius 2 is 2.35 bits per heavy atom. The molecule has 0 atom stereocenters. The van der Waals surface area contributed by atoms with Gasteiger partial charge >= 0.3 is 0 Å². The number of thioether (sulfide) groups is 1. The van der Waals surface area contributed by atoms with Gasteiger partial charge in [0.05, 0.1) is 12.4 Å².